The predicted octanol–water partition coefficient (Wildman–Crippen LogP) is -0.348. The van der Waals surface area contributed by atoms with Crippen LogP contribution in [0.2, 0.25) is 0 Å². The minimum absolute atomic E-state index is 0.142. The molecule has 1 aliphatic carbocycles. The van der Waals surface area contributed by atoms with Crippen molar-refractivity contribution in [2.45, 2.75) is 18.9 Å². The Hall–Kier alpha value is -1.62. The number of methoxy groups -OCH3 is 1. The molecule has 5 nitrogen and oxygen atoms in total. The van der Waals surface area contributed by atoms with Crippen LogP contribution in [0.25, 0.3) is 0 Å². The van der Waals surface area contributed by atoms with Crippen molar-refractivity contribution in [3.05, 3.63) is 23.4 Å². The molecule has 82 valence electrons. The third-order valence-corrected chi connectivity index (χ3v) is 2.30. The maximum atomic E-state index is 11.3. The van der Waals surface area contributed by atoms with Crippen LogP contribution in [-0.2, 0) is 14.3 Å². The van der Waals surface area contributed by atoms with E-state index >= 15 is 0 Å². The van der Waals surface area contributed by atoms with E-state index in [0.717, 1.165) is 0 Å². The summed E-state index contributed by atoms with van der Waals surface area (Å²) in [6, 6.07) is 0. The first-order chi connectivity index (χ1) is 6.90. The zero-order valence-electron chi connectivity index (χ0n) is 8.61. The van der Waals surface area contributed by atoms with Gasteiger partial charge in [-0.2, -0.15) is 0 Å². The molecule has 1 rings (SSSR count). The molecule has 1 unspecified atom stereocenters. The van der Waals surface area contributed by atoms with Crippen LogP contribution in [0.4, 0.5) is 0 Å². The molecule has 0 bridgehead atoms. The smallest absolute Gasteiger partial charge is 0.342 e. The number of hydrogen-bond acceptors (Lipinski definition) is 5. The summed E-state index contributed by atoms with van der Waals surface area (Å²) in [6.45, 7) is 1.33. The number of rotatable bonds is 2. The Morgan fingerprint density at radius 2 is 2.20 bits per heavy atom. The van der Waals surface area contributed by atoms with Gasteiger partial charge in [0.05, 0.1) is 7.11 Å². The van der Waals surface area contributed by atoms with Crippen LogP contribution >= 0.6 is 0 Å². The molecular formula is C10H13NO4. The molecule has 1 aliphatic rings. The molecule has 0 aromatic carbocycles. The molecule has 0 saturated carbocycles. The molecule has 3 N–H and O–H groups in total. The van der Waals surface area contributed by atoms with E-state index in [4.69, 9.17) is 5.73 Å². The van der Waals surface area contributed by atoms with E-state index < -0.39 is 11.6 Å². The van der Waals surface area contributed by atoms with Crippen LogP contribution in [0, 0.1) is 0 Å². The summed E-state index contributed by atoms with van der Waals surface area (Å²) >= 11 is 0. The highest BCUT2D eigenvalue weighted by Crippen LogP contribution is 2.26. The van der Waals surface area contributed by atoms with Crippen molar-refractivity contribution in [2.24, 2.45) is 5.73 Å². The van der Waals surface area contributed by atoms with Gasteiger partial charge in [0.25, 0.3) is 0 Å². The van der Waals surface area contributed by atoms with Gasteiger partial charge in [-0.15, -0.1) is 0 Å². The maximum Gasteiger partial charge on any atom is 0.342 e. The SMILES string of the molecule is COC(=O)C1(O)C=CC(N)=C(C(C)=O)C1. The Balaban J connectivity index is 3.03. The van der Waals surface area contributed by atoms with Crippen molar-refractivity contribution in [3.63, 3.8) is 0 Å². The molecule has 0 spiro atoms. The molecule has 0 aromatic rings. The van der Waals surface area contributed by atoms with Crippen LogP contribution in [-0.4, -0.2) is 29.6 Å². The van der Waals surface area contributed by atoms with Crippen LogP contribution in [0.5, 0.6) is 0 Å². The van der Waals surface area contributed by atoms with E-state index in [0.29, 0.717) is 0 Å². The average Bonchev–Trinajstić information content (AvgIpc) is 2.20. The molecule has 0 saturated heterocycles. The molecule has 1 atom stereocenters. The van der Waals surface area contributed by atoms with E-state index in [1.165, 1.54) is 26.2 Å². The van der Waals surface area contributed by atoms with Gasteiger partial charge in [0.2, 0.25) is 0 Å². The summed E-state index contributed by atoms with van der Waals surface area (Å²) in [5.74, 6) is -1.07. The lowest BCUT2D eigenvalue weighted by Gasteiger charge is -2.25. The van der Waals surface area contributed by atoms with Crippen molar-refractivity contribution in [3.8, 4) is 0 Å². The van der Waals surface area contributed by atoms with E-state index in [-0.39, 0.29) is 23.5 Å². The molecule has 0 amide bonds. The Labute approximate surface area is 87.2 Å². The highest BCUT2D eigenvalue weighted by Gasteiger charge is 2.38. The zero-order valence-corrected chi connectivity index (χ0v) is 8.61. The summed E-state index contributed by atoms with van der Waals surface area (Å²) in [5.41, 5.74) is 4.29. The second-order valence-electron chi connectivity index (χ2n) is 3.42. The summed E-state index contributed by atoms with van der Waals surface area (Å²) in [4.78, 5) is 22.4. The fraction of sp³-hybridized carbons (Fsp3) is 0.400. The first-order valence-electron chi connectivity index (χ1n) is 4.40. The molecule has 0 heterocycles. The van der Waals surface area contributed by atoms with Crippen LogP contribution in [0.15, 0.2) is 23.4 Å². The minimum atomic E-state index is -1.78. The summed E-state index contributed by atoms with van der Waals surface area (Å²) in [7, 11) is 1.17. The van der Waals surface area contributed by atoms with E-state index in [1.807, 2.05) is 0 Å². The summed E-state index contributed by atoms with van der Waals surface area (Å²) < 4.78 is 4.44. The van der Waals surface area contributed by atoms with Gasteiger partial charge >= 0.3 is 5.97 Å². The number of ether oxygens (including phenoxy) is 1. The second-order valence-corrected chi connectivity index (χ2v) is 3.42. The fourth-order valence-electron chi connectivity index (χ4n) is 1.40. The maximum absolute atomic E-state index is 11.3. The Morgan fingerprint density at radius 3 is 2.67 bits per heavy atom. The van der Waals surface area contributed by atoms with Gasteiger partial charge in [0, 0.05) is 17.7 Å². The zero-order chi connectivity index (χ0) is 11.6. The van der Waals surface area contributed by atoms with E-state index in [1.54, 1.807) is 0 Å². The number of esters is 1. The van der Waals surface area contributed by atoms with Crippen LogP contribution < -0.4 is 5.73 Å². The summed E-state index contributed by atoms with van der Waals surface area (Å²) in [5, 5.41) is 9.87. The Morgan fingerprint density at radius 1 is 1.60 bits per heavy atom. The third kappa shape index (κ3) is 2.07. The van der Waals surface area contributed by atoms with Crippen molar-refractivity contribution < 1.29 is 19.4 Å². The minimum Gasteiger partial charge on any atom is -0.467 e. The molecule has 5 heteroatoms. The first kappa shape index (κ1) is 11.5. The quantitative estimate of drug-likeness (QED) is 0.609. The predicted molar refractivity (Wildman–Crippen MR) is 52.6 cm³/mol. The van der Waals surface area contributed by atoms with Gasteiger partial charge in [-0.25, -0.2) is 4.79 Å². The number of hydrogen-bond donors (Lipinski definition) is 2. The lowest BCUT2D eigenvalue weighted by molar-refractivity contribution is -0.157. The third-order valence-electron chi connectivity index (χ3n) is 2.30. The van der Waals surface area contributed by atoms with Crippen molar-refractivity contribution in [1.82, 2.24) is 0 Å². The number of carbonyl (C=O) groups excluding carboxylic acids is 2. The normalized spacial score (nSPS) is 25.3. The largest absolute Gasteiger partial charge is 0.467 e. The van der Waals surface area contributed by atoms with Crippen molar-refractivity contribution in [2.75, 3.05) is 7.11 Å². The average molecular weight is 211 g/mol. The standard InChI is InChI=1S/C10H13NO4/c1-6(12)7-5-10(14,9(13)15-2)4-3-8(7)11/h3-4,14H,5,11H2,1-2H3. The first-order valence-corrected chi connectivity index (χ1v) is 4.40. The fourth-order valence-corrected chi connectivity index (χ4v) is 1.40. The topological polar surface area (TPSA) is 89.6 Å². The highest BCUT2D eigenvalue weighted by molar-refractivity contribution is 5.97. The van der Waals surface area contributed by atoms with Gasteiger partial charge in [0.1, 0.15) is 0 Å². The van der Waals surface area contributed by atoms with Gasteiger partial charge in [-0.05, 0) is 19.1 Å². The van der Waals surface area contributed by atoms with E-state index in [9.17, 15) is 14.7 Å². The molecule has 0 radical (unpaired) electrons. The number of Topliss-reactive ketones (excluding diaryl/α,β-unsaturated/α-hetero) is 1. The number of aliphatic hydroxyl groups is 1. The van der Waals surface area contributed by atoms with Gasteiger partial charge in [-0.1, -0.05) is 0 Å². The van der Waals surface area contributed by atoms with Crippen LogP contribution in [0.1, 0.15) is 13.3 Å². The number of nitrogens with two attached hydrogens (primary N) is 1. The molecule has 15 heavy (non-hydrogen) atoms. The van der Waals surface area contributed by atoms with Crippen molar-refractivity contribution >= 4 is 11.8 Å². The molecule has 0 aliphatic heterocycles. The van der Waals surface area contributed by atoms with E-state index in [2.05, 4.69) is 4.74 Å². The molecular weight excluding hydrogens is 198 g/mol. The van der Waals surface area contributed by atoms with Gasteiger partial charge in [-0.3, -0.25) is 4.79 Å². The highest BCUT2D eigenvalue weighted by atomic mass is 16.5. The van der Waals surface area contributed by atoms with Crippen LogP contribution in [0.3, 0.4) is 0 Å². The second kappa shape index (κ2) is 3.86. The van der Waals surface area contributed by atoms with Gasteiger partial charge < -0.3 is 15.6 Å². The van der Waals surface area contributed by atoms with Crippen molar-refractivity contribution in [1.29, 1.82) is 0 Å². The Kier molecular flexibility index (Phi) is 2.95. The lowest BCUT2D eigenvalue weighted by Crippen LogP contribution is -2.40. The molecule has 0 fully saturated rings. The number of ketones is 1. The Bertz CT molecular complexity index is 370. The monoisotopic (exact) mass is 211 g/mol. The molecule has 0 aromatic heterocycles. The lowest BCUT2D eigenvalue weighted by atomic mass is 9.87. The summed E-state index contributed by atoms with van der Waals surface area (Å²) in [6.07, 6.45) is 2.44. The number of carbonyl (C=O) groups is 2. The number of allylic oxidation sites excluding steroid dienone is 1. The van der Waals surface area contributed by atoms with Gasteiger partial charge in [0.15, 0.2) is 11.4 Å².